The molecule has 4 nitrogen and oxygen atoms in total. The summed E-state index contributed by atoms with van der Waals surface area (Å²) in [7, 11) is 0. The summed E-state index contributed by atoms with van der Waals surface area (Å²) in [4.78, 5) is 11.2. The average Bonchev–Trinajstić information content (AvgIpc) is 2.49. The molecule has 0 fully saturated rings. The summed E-state index contributed by atoms with van der Waals surface area (Å²) in [6, 6.07) is 12.5. The third-order valence-electron chi connectivity index (χ3n) is 2.84. The first-order valence-corrected chi connectivity index (χ1v) is 6.60. The quantitative estimate of drug-likeness (QED) is 0.511. The Labute approximate surface area is 122 Å². The molecule has 0 saturated heterocycles. The minimum atomic E-state index is -0.520. The molecule has 0 aliphatic rings. The lowest BCUT2D eigenvalue weighted by molar-refractivity contribution is -0.134. The molecule has 0 aliphatic carbocycles. The van der Waals surface area contributed by atoms with Crippen molar-refractivity contribution in [2.24, 2.45) is 0 Å². The molecular weight excluding hydrogens is 268 g/mol. The van der Waals surface area contributed by atoms with Crippen molar-refractivity contribution in [2.45, 2.75) is 13.3 Å². The zero-order valence-electron chi connectivity index (χ0n) is 11.6. The van der Waals surface area contributed by atoms with Gasteiger partial charge in [0.15, 0.2) is 11.5 Å². The fraction of sp³-hybridized carbons (Fsp3) is 0.118. The van der Waals surface area contributed by atoms with Crippen molar-refractivity contribution in [1.29, 1.82) is 0 Å². The fourth-order valence-corrected chi connectivity index (χ4v) is 1.76. The van der Waals surface area contributed by atoms with Crippen LogP contribution < -0.4 is 4.74 Å². The Morgan fingerprint density at radius 1 is 1.05 bits per heavy atom. The number of hydrogen-bond acceptors (Lipinski definition) is 4. The fourth-order valence-electron chi connectivity index (χ4n) is 1.76. The number of phenols is 2. The van der Waals surface area contributed by atoms with Gasteiger partial charge in [-0.1, -0.05) is 49.4 Å². The molecule has 0 aromatic heterocycles. The second-order valence-corrected chi connectivity index (χ2v) is 4.46. The molecular formula is C17H16O4. The lowest BCUT2D eigenvalue weighted by atomic mass is 10.1. The molecule has 108 valence electrons. The Balaban J connectivity index is 2.23. The van der Waals surface area contributed by atoms with Gasteiger partial charge in [-0.15, -0.1) is 0 Å². The molecule has 0 radical (unpaired) electrons. The second-order valence-electron chi connectivity index (χ2n) is 4.46. The van der Waals surface area contributed by atoms with Gasteiger partial charge < -0.3 is 14.9 Å². The lowest BCUT2D eigenvalue weighted by Gasteiger charge is -2.08. The highest BCUT2D eigenvalue weighted by atomic mass is 16.5. The number of carbonyl (C=O) groups is 1. The van der Waals surface area contributed by atoms with Gasteiger partial charge >= 0.3 is 5.97 Å². The van der Waals surface area contributed by atoms with E-state index in [9.17, 15) is 15.0 Å². The first-order valence-electron chi connectivity index (χ1n) is 6.60. The summed E-state index contributed by atoms with van der Waals surface area (Å²) >= 11 is 0. The molecule has 2 N–H and O–H groups in total. The van der Waals surface area contributed by atoms with Crippen LogP contribution in [0.5, 0.6) is 17.2 Å². The van der Waals surface area contributed by atoms with Crippen molar-refractivity contribution in [3.63, 3.8) is 0 Å². The van der Waals surface area contributed by atoms with Crippen LogP contribution in [0.1, 0.15) is 24.5 Å². The van der Waals surface area contributed by atoms with E-state index in [0.717, 1.165) is 5.56 Å². The van der Waals surface area contributed by atoms with E-state index >= 15 is 0 Å². The maximum Gasteiger partial charge on any atom is 0.311 e. The number of carbonyl (C=O) groups excluding carboxylic acids is 1. The summed E-state index contributed by atoms with van der Waals surface area (Å²) in [6.07, 6.45) is 3.76. The van der Waals surface area contributed by atoms with Gasteiger partial charge in [-0.05, 0) is 23.3 Å². The highest BCUT2D eigenvalue weighted by molar-refractivity contribution is 5.76. The minimum Gasteiger partial charge on any atom is -0.504 e. The smallest absolute Gasteiger partial charge is 0.311 e. The van der Waals surface area contributed by atoms with Crippen LogP contribution in [0.2, 0.25) is 0 Å². The molecule has 0 unspecified atom stereocenters. The van der Waals surface area contributed by atoms with E-state index in [2.05, 4.69) is 0 Å². The zero-order valence-corrected chi connectivity index (χ0v) is 11.6. The first kappa shape index (κ1) is 14.7. The van der Waals surface area contributed by atoms with Crippen molar-refractivity contribution >= 4 is 18.1 Å². The number of aromatic hydroxyl groups is 2. The van der Waals surface area contributed by atoms with Crippen molar-refractivity contribution < 1.29 is 19.7 Å². The molecule has 2 aromatic rings. The molecule has 0 aliphatic heterocycles. The second kappa shape index (κ2) is 6.61. The van der Waals surface area contributed by atoms with Gasteiger partial charge in [0.2, 0.25) is 5.75 Å². The normalized spacial score (nSPS) is 10.7. The monoisotopic (exact) mass is 284 g/mol. The van der Waals surface area contributed by atoms with Crippen LogP contribution >= 0.6 is 0 Å². The number of esters is 1. The van der Waals surface area contributed by atoms with Crippen molar-refractivity contribution in [2.75, 3.05) is 0 Å². The third kappa shape index (κ3) is 3.86. The molecule has 0 saturated carbocycles. The largest absolute Gasteiger partial charge is 0.504 e. The van der Waals surface area contributed by atoms with Crippen LogP contribution in [-0.2, 0) is 4.79 Å². The number of hydrogen-bond donors (Lipinski definition) is 2. The average molecular weight is 284 g/mol. The minimum absolute atomic E-state index is 0.161. The van der Waals surface area contributed by atoms with Gasteiger partial charge in [0.05, 0.1) is 0 Å². The molecule has 0 heterocycles. The summed E-state index contributed by atoms with van der Waals surface area (Å²) in [5.74, 6) is -1.28. The van der Waals surface area contributed by atoms with Gasteiger partial charge in [0.1, 0.15) is 0 Å². The number of rotatable bonds is 4. The van der Waals surface area contributed by atoms with Crippen LogP contribution in [-0.4, -0.2) is 16.2 Å². The van der Waals surface area contributed by atoms with E-state index in [1.165, 1.54) is 12.1 Å². The van der Waals surface area contributed by atoms with E-state index in [0.29, 0.717) is 5.56 Å². The molecule has 2 aromatic carbocycles. The van der Waals surface area contributed by atoms with Crippen molar-refractivity contribution in [3.8, 4) is 17.2 Å². The van der Waals surface area contributed by atoms with Crippen molar-refractivity contribution in [3.05, 3.63) is 53.6 Å². The van der Waals surface area contributed by atoms with Gasteiger partial charge in [-0.25, -0.2) is 0 Å². The topological polar surface area (TPSA) is 66.8 Å². The van der Waals surface area contributed by atoms with E-state index in [1.807, 2.05) is 36.4 Å². The summed E-state index contributed by atoms with van der Waals surface area (Å²) in [5, 5.41) is 19.7. The summed E-state index contributed by atoms with van der Waals surface area (Å²) < 4.78 is 4.88. The van der Waals surface area contributed by atoms with Gasteiger partial charge in [0.25, 0.3) is 0 Å². The zero-order chi connectivity index (χ0) is 15.2. The highest BCUT2D eigenvalue weighted by Crippen LogP contribution is 2.37. The summed E-state index contributed by atoms with van der Waals surface area (Å²) in [5.41, 5.74) is 1.60. The molecule has 0 spiro atoms. The maximum absolute atomic E-state index is 11.2. The van der Waals surface area contributed by atoms with Gasteiger partial charge in [0, 0.05) is 6.42 Å². The highest BCUT2D eigenvalue weighted by Gasteiger charge is 2.13. The van der Waals surface area contributed by atoms with Gasteiger partial charge in [-0.2, -0.15) is 0 Å². The van der Waals surface area contributed by atoms with Crippen LogP contribution in [0.3, 0.4) is 0 Å². The molecule has 0 amide bonds. The predicted octanol–water partition coefficient (Wildman–Crippen LogP) is 3.58. The number of phenolic OH excluding ortho intramolecular Hbond substituents is 2. The Bertz CT molecular complexity index is 637. The van der Waals surface area contributed by atoms with E-state index in [4.69, 9.17) is 4.74 Å². The lowest BCUT2D eigenvalue weighted by Crippen LogP contribution is -2.05. The molecule has 4 heteroatoms. The van der Waals surface area contributed by atoms with Crippen LogP contribution in [0.25, 0.3) is 12.2 Å². The van der Waals surface area contributed by atoms with Crippen molar-refractivity contribution in [1.82, 2.24) is 0 Å². The molecule has 2 rings (SSSR count). The van der Waals surface area contributed by atoms with E-state index in [1.54, 1.807) is 13.0 Å². The maximum atomic E-state index is 11.2. The first-order chi connectivity index (χ1) is 10.1. The SMILES string of the molecule is CCC(=O)Oc1c(O)cc(C=Cc2ccccc2)cc1O. The Morgan fingerprint density at radius 3 is 2.19 bits per heavy atom. The number of benzene rings is 2. The third-order valence-corrected chi connectivity index (χ3v) is 2.84. The predicted molar refractivity (Wildman–Crippen MR) is 81.1 cm³/mol. The molecule has 0 bridgehead atoms. The van der Waals surface area contributed by atoms with Crippen LogP contribution in [0.15, 0.2) is 42.5 Å². The Morgan fingerprint density at radius 2 is 1.62 bits per heavy atom. The Hall–Kier alpha value is -2.75. The standard InChI is InChI=1S/C17H16O4/c1-2-16(20)21-17-14(18)10-13(11-15(17)19)9-8-12-6-4-3-5-7-12/h3-11,18-19H,2H2,1H3. The molecule has 0 atom stereocenters. The van der Waals surface area contributed by atoms with E-state index < -0.39 is 5.97 Å². The summed E-state index contributed by atoms with van der Waals surface area (Å²) in [6.45, 7) is 1.63. The van der Waals surface area contributed by atoms with Gasteiger partial charge in [-0.3, -0.25) is 4.79 Å². The number of ether oxygens (including phenoxy) is 1. The van der Waals surface area contributed by atoms with E-state index in [-0.39, 0.29) is 23.7 Å². The van der Waals surface area contributed by atoms with Crippen LogP contribution in [0, 0.1) is 0 Å². The van der Waals surface area contributed by atoms with Crippen LogP contribution in [0.4, 0.5) is 0 Å². The Kier molecular flexibility index (Phi) is 4.61. The molecule has 21 heavy (non-hydrogen) atoms.